The first-order valence-corrected chi connectivity index (χ1v) is 11.8. The lowest BCUT2D eigenvalue weighted by Gasteiger charge is -2.32. The van der Waals surface area contributed by atoms with Gasteiger partial charge in [-0.25, -0.2) is 0 Å². The number of rotatable bonds is 4. The molecule has 4 rings (SSSR count). The van der Waals surface area contributed by atoms with Crippen LogP contribution in [0, 0.1) is 0 Å². The minimum atomic E-state index is -5.92. The lowest BCUT2D eigenvalue weighted by atomic mass is 9.92. The summed E-state index contributed by atoms with van der Waals surface area (Å²) in [6, 6.07) is 9.78. The molecule has 37 heavy (non-hydrogen) atoms. The van der Waals surface area contributed by atoms with E-state index in [1.165, 1.54) is 11.8 Å². The second-order valence-electron chi connectivity index (χ2n) is 7.84. The first kappa shape index (κ1) is 28.8. The van der Waals surface area contributed by atoms with Gasteiger partial charge in [-0.05, 0) is 19.2 Å². The van der Waals surface area contributed by atoms with E-state index in [0.29, 0.717) is 23.7 Å². The predicted octanol–water partition coefficient (Wildman–Crippen LogP) is 4.94. The van der Waals surface area contributed by atoms with Crippen molar-refractivity contribution < 1.29 is 41.0 Å². The van der Waals surface area contributed by atoms with E-state index in [1.807, 2.05) is 31.3 Å². The van der Waals surface area contributed by atoms with Gasteiger partial charge in [-0.15, -0.1) is 0 Å². The smallest absolute Gasteiger partial charge is 0.369 e. The van der Waals surface area contributed by atoms with Gasteiger partial charge in [0.15, 0.2) is 0 Å². The number of alkyl halides is 6. The van der Waals surface area contributed by atoms with Gasteiger partial charge in [0.05, 0.1) is 15.6 Å². The third kappa shape index (κ3) is 5.74. The number of aliphatic hydroxyl groups is 1. The SMILES string of the molecule is CNC1NC2=C(S1)C(=O)N(c1ccccc1Cl)CC2.O=Cc1ccc(C(O)(C(F)(F)F)C(F)(F)F)cc1. The molecule has 2 aromatic rings. The van der Waals surface area contributed by atoms with Gasteiger partial charge >= 0.3 is 12.4 Å². The summed E-state index contributed by atoms with van der Waals surface area (Å²) in [5.41, 5.74) is -4.55. The molecule has 2 aliphatic heterocycles. The molecule has 200 valence electrons. The Hall–Kier alpha value is -2.74. The fourth-order valence-electron chi connectivity index (χ4n) is 3.58. The Labute approximate surface area is 216 Å². The first-order chi connectivity index (χ1) is 17.2. The molecular weight excluding hydrogens is 548 g/mol. The quantitative estimate of drug-likeness (QED) is 0.359. The predicted molar refractivity (Wildman–Crippen MR) is 127 cm³/mol. The van der Waals surface area contributed by atoms with Crippen molar-refractivity contribution in [1.82, 2.24) is 10.6 Å². The monoisotopic (exact) mass is 567 g/mol. The maximum Gasteiger partial charge on any atom is 0.430 e. The summed E-state index contributed by atoms with van der Waals surface area (Å²) in [5.74, 6) is 0.0320. The molecule has 2 aromatic carbocycles. The molecule has 0 radical (unpaired) electrons. The molecule has 0 aliphatic carbocycles. The zero-order chi connectivity index (χ0) is 27.6. The summed E-state index contributed by atoms with van der Waals surface area (Å²) in [7, 11) is 1.87. The standard InChI is InChI=1S/C13H14ClN3OS.C10H6F6O2/c1-15-13-16-9-6-7-17(12(18)11(9)19-13)10-5-3-2-4-8(10)14;11-9(12,13)8(18,10(14,15)16)7-3-1-6(5-17)2-4-7/h2-5,13,15-16H,6-7H2,1H3;1-5,18H. The maximum absolute atomic E-state index is 12.5. The van der Waals surface area contributed by atoms with E-state index in [0.717, 1.165) is 34.8 Å². The summed E-state index contributed by atoms with van der Waals surface area (Å²) in [5, 5.41) is 16.0. The van der Waals surface area contributed by atoms with Crippen molar-refractivity contribution in [2.75, 3.05) is 18.5 Å². The number of benzene rings is 2. The Morgan fingerprint density at radius 1 is 1.08 bits per heavy atom. The fourth-order valence-corrected chi connectivity index (χ4v) is 4.88. The number of thioether (sulfide) groups is 1. The van der Waals surface area contributed by atoms with Crippen LogP contribution in [0.3, 0.4) is 0 Å². The highest BCUT2D eigenvalue weighted by molar-refractivity contribution is 8.04. The number of hydrogen-bond donors (Lipinski definition) is 3. The largest absolute Gasteiger partial charge is 0.430 e. The van der Waals surface area contributed by atoms with Gasteiger partial charge in [0.2, 0.25) is 0 Å². The van der Waals surface area contributed by atoms with Crippen LogP contribution in [-0.4, -0.2) is 48.7 Å². The van der Waals surface area contributed by atoms with Crippen molar-refractivity contribution >= 4 is 41.2 Å². The van der Waals surface area contributed by atoms with Gasteiger partial charge in [0, 0.05) is 29.8 Å². The van der Waals surface area contributed by atoms with Gasteiger partial charge in [0.25, 0.3) is 11.5 Å². The van der Waals surface area contributed by atoms with Crippen LogP contribution in [0.2, 0.25) is 5.02 Å². The second-order valence-corrected chi connectivity index (χ2v) is 9.37. The molecular formula is C23H20ClF6N3O3S. The third-order valence-corrected chi connectivity index (χ3v) is 7.10. The molecule has 0 bridgehead atoms. The molecule has 1 unspecified atom stereocenters. The summed E-state index contributed by atoms with van der Waals surface area (Å²) >= 11 is 7.71. The number of carbonyl (C=O) groups is 2. The van der Waals surface area contributed by atoms with Gasteiger partial charge in [-0.3, -0.25) is 14.9 Å². The minimum absolute atomic E-state index is 0.0320. The Morgan fingerprint density at radius 2 is 1.68 bits per heavy atom. The number of nitrogens with one attached hydrogen (secondary N) is 2. The van der Waals surface area contributed by atoms with Crippen molar-refractivity contribution in [2.45, 2.75) is 29.9 Å². The van der Waals surface area contributed by atoms with Crippen LogP contribution in [0.4, 0.5) is 32.0 Å². The van der Waals surface area contributed by atoms with Crippen LogP contribution in [0.1, 0.15) is 22.3 Å². The average Bonchev–Trinajstić information content (AvgIpc) is 3.28. The Kier molecular flexibility index (Phi) is 8.52. The van der Waals surface area contributed by atoms with E-state index in [1.54, 1.807) is 4.90 Å². The molecule has 3 N–H and O–H groups in total. The van der Waals surface area contributed by atoms with Crippen LogP contribution in [-0.2, 0) is 10.4 Å². The minimum Gasteiger partial charge on any atom is -0.369 e. The number of carbonyl (C=O) groups excluding carboxylic acids is 2. The molecule has 0 saturated carbocycles. The molecule has 0 fully saturated rings. The van der Waals surface area contributed by atoms with Crippen LogP contribution in [0.5, 0.6) is 0 Å². The molecule has 2 aliphatic rings. The topological polar surface area (TPSA) is 81.7 Å². The van der Waals surface area contributed by atoms with Crippen molar-refractivity contribution in [2.24, 2.45) is 0 Å². The Bertz CT molecular complexity index is 1170. The Balaban J connectivity index is 0.000000206. The number of hydrogen-bond acceptors (Lipinski definition) is 6. The van der Waals surface area contributed by atoms with E-state index < -0.39 is 23.5 Å². The van der Waals surface area contributed by atoms with E-state index in [2.05, 4.69) is 10.6 Å². The van der Waals surface area contributed by atoms with Crippen molar-refractivity contribution in [3.05, 3.63) is 75.3 Å². The fraction of sp³-hybridized carbons (Fsp3) is 0.304. The zero-order valence-corrected chi connectivity index (χ0v) is 20.5. The molecule has 0 aromatic heterocycles. The van der Waals surface area contributed by atoms with Crippen LogP contribution < -0.4 is 15.5 Å². The molecule has 0 spiro atoms. The highest BCUT2D eigenvalue weighted by Gasteiger charge is 2.71. The van der Waals surface area contributed by atoms with Gasteiger partial charge in [0.1, 0.15) is 11.8 Å². The number of halogens is 7. The summed E-state index contributed by atoms with van der Waals surface area (Å²) in [4.78, 5) is 25.4. The van der Waals surface area contributed by atoms with Crippen molar-refractivity contribution in [3.63, 3.8) is 0 Å². The maximum atomic E-state index is 12.5. The molecule has 0 saturated heterocycles. The normalized spacial score (nSPS) is 18.1. The number of para-hydroxylation sites is 1. The van der Waals surface area contributed by atoms with E-state index in [9.17, 15) is 35.9 Å². The third-order valence-electron chi connectivity index (χ3n) is 5.53. The molecule has 2 heterocycles. The molecule has 6 nitrogen and oxygen atoms in total. The summed E-state index contributed by atoms with van der Waals surface area (Å²) < 4.78 is 74.6. The number of amides is 1. The van der Waals surface area contributed by atoms with Crippen LogP contribution in [0.15, 0.2) is 59.1 Å². The highest BCUT2D eigenvalue weighted by atomic mass is 35.5. The van der Waals surface area contributed by atoms with Crippen molar-refractivity contribution in [1.29, 1.82) is 0 Å². The number of aldehydes is 1. The van der Waals surface area contributed by atoms with Crippen LogP contribution in [0.25, 0.3) is 0 Å². The van der Waals surface area contributed by atoms with E-state index in [-0.39, 0.29) is 23.3 Å². The molecule has 14 heteroatoms. The van der Waals surface area contributed by atoms with Gasteiger partial charge in [-0.1, -0.05) is 59.8 Å². The Morgan fingerprint density at radius 3 is 2.19 bits per heavy atom. The van der Waals surface area contributed by atoms with Gasteiger partial charge < -0.3 is 15.3 Å². The highest BCUT2D eigenvalue weighted by Crippen LogP contribution is 2.50. The molecule has 1 atom stereocenters. The number of anilines is 1. The first-order valence-electron chi connectivity index (χ1n) is 10.6. The van der Waals surface area contributed by atoms with Crippen molar-refractivity contribution in [3.8, 4) is 0 Å². The van der Waals surface area contributed by atoms with Crippen LogP contribution >= 0.6 is 23.4 Å². The lowest BCUT2D eigenvalue weighted by molar-refractivity contribution is -0.376. The average molecular weight is 568 g/mol. The second kappa shape index (κ2) is 10.9. The summed E-state index contributed by atoms with van der Waals surface area (Å²) in [6.45, 7) is 0.658. The lowest BCUT2D eigenvalue weighted by Crippen LogP contribution is -2.53. The van der Waals surface area contributed by atoms with Gasteiger partial charge in [-0.2, -0.15) is 26.3 Å². The number of nitrogens with zero attached hydrogens (tertiary/aromatic N) is 1. The van der Waals surface area contributed by atoms with E-state index in [4.69, 9.17) is 16.7 Å². The van der Waals surface area contributed by atoms with E-state index >= 15 is 0 Å². The molecule has 1 amide bonds. The summed E-state index contributed by atoms with van der Waals surface area (Å²) in [6.07, 6.45) is -10.8. The zero-order valence-electron chi connectivity index (χ0n) is 19.0.